The van der Waals surface area contributed by atoms with Crippen LogP contribution in [-0.4, -0.2) is 5.91 Å². The third-order valence-corrected chi connectivity index (χ3v) is 1.45. The molecule has 0 saturated carbocycles. The van der Waals surface area contributed by atoms with Crippen LogP contribution in [0, 0.1) is 0 Å². The molecule has 0 fully saturated rings. The van der Waals surface area contributed by atoms with Gasteiger partial charge in [0, 0.05) is 18.6 Å². The summed E-state index contributed by atoms with van der Waals surface area (Å²) in [7, 11) is 0. The summed E-state index contributed by atoms with van der Waals surface area (Å²) in [5, 5.41) is 0. The zero-order valence-electron chi connectivity index (χ0n) is 7.16. The number of carbonyl (C=O) groups is 1. The van der Waals surface area contributed by atoms with Gasteiger partial charge in [-0.25, -0.2) is 0 Å². The lowest BCUT2D eigenvalue weighted by molar-refractivity contribution is -0.642. The molecule has 0 atom stereocenters. The first-order valence-corrected chi connectivity index (χ1v) is 4.09. The number of hydrogen-bond donors (Lipinski definition) is 1. The topological polar surface area (TPSA) is 33.0 Å². The average Bonchev–Trinajstić information content (AvgIpc) is 2.06. The van der Waals surface area contributed by atoms with Gasteiger partial charge in [-0.15, -0.1) is 5.43 Å². The van der Waals surface area contributed by atoms with Crippen LogP contribution in [0.3, 0.4) is 0 Å². The van der Waals surface area contributed by atoms with E-state index < -0.39 is 0 Å². The van der Waals surface area contributed by atoms with Crippen LogP contribution in [0.2, 0.25) is 0 Å². The number of hydrogen-bond acceptors (Lipinski definition) is 1. The molecule has 1 rings (SSSR count). The zero-order chi connectivity index (χ0) is 8.81. The molecular weight excluding hydrogens is 152 g/mol. The van der Waals surface area contributed by atoms with Gasteiger partial charge in [0.25, 0.3) is 5.91 Å². The quantitative estimate of drug-likeness (QED) is 0.661. The first-order chi connectivity index (χ1) is 5.83. The Kier molecular flexibility index (Phi) is 3.26. The van der Waals surface area contributed by atoms with E-state index in [2.05, 4.69) is 5.43 Å². The van der Waals surface area contributed by atoms with Crippen molar-refractivity contribution in [3.63, 3.8) is 0 Å². The van der Waals surface area contributed by atoms with Gasteiger partial charge in [-0.05, 0) is 6.42 Å². The standard InChI is InChI=1S/C9H12N2O/c1-2-6-9(12)10-11-7-4-3-5-8-11/h3-5,7-8H,2,6H2,1H3/p+1. The van der Waals surface area contributed by atoms with Gasteiger partial charge in [-0.2, -0.15) is 0 Å². The van der Waals surface area contributed by atoms with E-state index in [1.807, 2.05) is 25.1 Å². The third kappa shape index (κ3) is 2.70. The second-order valence-corrected chi connectivity index (χ2v) is 2.57. The fraction of sp³-hybridized carbons (Fsp3) is 0.333. The van der Waals surface area contributed by atoms with Crippen LogP contribution in [0.5, 0.6) is 0 Å². The molecule has 0 spiro atoms. The first-order valence-electron chi connectivity index (χ1n) is 4.09. The lowest BCUT2D eigenvalue weighted by Crippen LogP contribution is -2.47. The highest BCUT2D eigenvalue weighted by Crippen LogP contribution is 1.84. The minimum atomic E-state index is 0.0497. The fourth-order valence-corrected chi connectivity index (χ4v) is 0.900. The molecule has 1 aromatic heterocycles. The van der Waals surface area contributed by atoms with Crippen molar-refractivity contribution in [2.24, 2.45) is 0 Å². The van der Waals surface area contributed by atoms with Crippen LogP contribution in [0.25, 0.3) is 0 Å². The van der Waals surface area contributed by atoms with Gasteiger partial charge in [-0.3, -0.25) is 4.79 Å². The van der Waals surface area contributed by atoms with Crippen molar-refractivity contribution in [3.8, 4) is 0 Å². The maximum atomic E-state index is 11.1. The van der Waals surface area contributed by atoms with Crippen molar-refractivity contribution >= 4 is 5.91 Å². The van der Waals surface area contributed by atoms with Crippen molar-refractivity contribution in [3.05, 3.63) is 30.6 Å². The lowest BCUT2D eigenvalue weighted by atomic mass is 10.3. The predicted octanol–water partition coefficient (Wildman–Crippen LogP) is 0.844. The molecule has 0 bridgehead atoms. The third-order valence-electron chi connectivity index (χ3n) is 1.45. The number of rotatable bonds is 3. The molecule has 1 aromatic rings. The number of nitrogens with one attached hydrogen (secondary N) is 1. The zero-order valence-corrected chi connectivity index (χ0v) is 7.16. The van der Waals surface area contributed by atoms with Crippen molar-refractivity contribution < 1.29 is 9.47 Å². The molecule has 3 heteroatoms. The Morgan fingerprint density at radius 1 is 1.33 bits per heavy atom. The van der Waals surface area contributed by atoms with Crippen LogP contribution < -0.4 is 10.1 Å². The van der Waals surface area contributed by atoms with E-state index in [9.17, 15) is 4.79 Å². The Bertz CT molecular complexity index is 246. The van der Waals surface area contributed by atoms with Crippen LogP contribution in [0.1, 0.15) is 19.8 Å². The molecule has 0 unspecified atom stereocenters. The molecule has 64 valence electrons. The SMILES string of the molecule is CCCC(=O)N[n+]1ccccc1. The number of nitrogens with zero attached hydrogens (tertiary/aromatic N) is 1. The van der Waals surface area contributed by atoms with E-state index in [4.69, 9.17) is 0 Å². The number of amides is 1. The number of carbonyl (C=O) groups excluding carboxylic acids is 1. The van der Waals surface area contributed by atoms with Crippen molar-refractivity contribution in [2.75, 3.05) is 5.43 Å². The summed E-state index contributed by atoms with van der Waals surface area (Å²) < 4.78 is 1.65. The predicted molar refractivity (Wildman–Crippen MR) is 45.9 cm³/mol. The molecule has 1 N–H and O–H groups in total. The largest absolute Gasteiger partial charge is 0.274 e. The van der Waals surface area contributed by atoms with Crippen molar-refractivity contribution in [1.29, 1.82) is 0 Å². The van der Waals surface area contributed by atoms with E-state index in [1.165, 1.54) is 0 Å². The van der Waals surface area contributed by atoms with Crippen LogP contribution >= 0.6 is 0 Å². The molecule has 0 saturated heterocycles. The summed E-state index contributed by atoms with van der Waals surface area (Å²) >= 11 is 0. The number of aromatic nitrogens is 1. The fourth-order valence-electron chi connectivity index (χ4n) is 0.900. The highest BCUT2D eigenvalue weighted by molar-refractivity contribution is 5.81. The molecule has 0 aliphatic rings. The summed E-state index contributed by atoms with van der Waals surface area (Å²) in [6, 6.07) is 5.64. The molecule has 12 heavy (non-hydrogen) atoms. The van der Waals surface area contributed by atoms with E-state index >= 15 is 0 Å². The van der Waals surface area contributed by atoms with Gasteiger partial charge in [0.1, 0.15) is 0 Å². The highest BCUT2D eigenvalue weighted by Gasteiger charge is 2.03. The Labute approximate surface area is 72.0 Å². The van der Waals surface area contributed by atoms with Gasteiger partial charge < -0.3 is 0 Å². The Hall–Kier alpha value is -1.38. The Morgan fingerprint density at radius 2 is 2.00 bits per heavy atom. The van der Waals surface area contributed by atoms with E-state index in [1.54, 1.807) is 17.1 Å². The molecule has 0 radical (unpaired) electrons. The molecule has 1 heterocycles. The molecule has 0 aliphatic heterocycles. The van der Waals surface area contributed by atoms with E-state index in [-0.39, 0.29) is 5.91 Å². The monoisotopic (exact) mass is 165 g/mol. The summed E-state index contributed by atoms with van der Waals surface area (Å²) in [4.78, 5) is 11.1. The first kappa shape index (κ1) is 8.71. The minimum absolute atomic E-state index is 0.0497. The van der Waals surface area contributed by atoms with E-state index in [0.717, 1.165) is 6.42 Å². The normalized spacial score (nSPS) is 9.42. The summed E-state index contributed by atoms with van der Waals surface area (Å²) in [6.07, 6.45) is 5.04. The molecule has 3 nitrogen and oxygen atoms in total. The van der Waals surface area contributed by atoms with Crippen LogP contribution in [-0.2, 0) is 4.79 Å². The Morgan fingerprint density at radius 3 is 2.58 bits per heavy atom. The minimum Gasteiger partial charge on any atom is -0.269 e. The van der Waals surface area contributed by atoms with E-state index in [0.29, 0.717) is 6.42 Å². The summed E-state index contributed by atoms with van der Waals surface area (Å²) in [6.45, 7) is 1.98. The number of pyridine rings is 1. The molecule has 0 aliphatic carbocycles. The van der Waals surface area contributed by atoms with Gasteiger partial charge in [0.15, 0.2) is 12.4 Å². The highest BCUT2D eigenvalue weighted by atomic mass is 16.2. The average molecular weight is 165 g/mol. The van der Waals surface area contributed by atoms with Crippen LogP contribution in [0.15, 0.2) is 30.6 Å². The van der Waals surface area contributed by atoms with Gasteiger partial charge in [0.05, 0.1) is 0 Å². The molecule has 1 amide bonds. The second-order valence-electron chi connectivity index (χ2n) is 2.57. The van der Waals surface area contributed by atoms with Gasteiger partial charge in [-0.1, -0.05) is 17.7 Å². The van der Waals surface area contributed by atoms with Gasteiger partial charge in [0.2, 0.25) is 0 Å². The maximum Gasteiger partial charge on any atom is 0.274 e. The van der Waals surface area contributed by atoms with Crippen molar-refractivity contribution in [2.45, 2.75) is 19.8 Å². The second kappa shape index (κ2) is 4.49. The lowest BCUT2D eigenvalue weighted by Gasteiger charge is -1.95. The Balaban J connectivity index is 2.47. The van der Waals surface area contributed by atoms with Crippen molar-refractivity contribution in [1.82, 2.24) is 0 Å². The van der Waals surface area contributed by atoms with Crippen LogP contribution in [0.4, 0.5) is 0 Å². The molecule has 0 aromatic carbocycles. The summed E-state index contributed by atoms with van der Waals surface area (Å²) in [5.74, 6) is 0.0497. The summed E-state index contributed by atoms with van der Waals surface area (Å²) in [5.41, 5.74) is 2.72. The smallest absolute Gasteiger partial charge is 0.269 e. The molecular formula is C9H13N2O+. The maximum absolute atomic E-state index is 11.1. The van der Waals surface area contributed by atoms with Gasteiger partial charge >= 0.3 is 0 Å².